The molecule has 1 radical (unpaired) electrons. The summed E-state index contributed by atoms with van der Waals surface area (Å²) in [7, 11) is 0. The van der Waals surface area contributed by atoms with E-state index in [0.29, 0.717) is 17.9 Å². The minimum absolute atomic E-state index is 0. The van der Waals surface area contributed by atoms with E-state index in [1.54, 1.807) is 12.1 Å². The van der Waals surface area contributed by atoms with Gasteiger partial charge in [0.05, 0.1) is 6.42 Å². The van der Waals surface area contributed by atoms with Crippen LogP contribution in [0.15, 0.2) is 24.3 Å². The zero-order chi connectivity index (χ0) is 10.8. The first kappa shape index (κ1) is 13.9. The van der Waals surface area contributed by atoms with Gasteiger partial charge in [-0.15, -0.1) is 0 Å². The fourth-order valence-corrected chi connectivity index (χ4v) is 2.08. The second kappa shape index (κ2) is 5.97. The largest absolute Gasteiger partial charge is 0.299 e. The number of ketones is 2. The van der Waals surface area contributed by atoms with Crippen LogP contribution in [0.3, 0.4) is 0 Å². The van der Waals surface area contributed by atoms with E-state index < -0.39 is 0 Å². The molecule has 16 heavy (non-hydrogen) atoms. The Balaban J connectivity index is 0.00000128. The van der Waals surface area contributed by atoms with Crippen molar-refractivity contribution in [2.45, 2.75) is 25.2 Å². The van der Waals surface area contributed by atoms with Gasteiger partial charge in [-0.2, -0.15) is 0 Å². The van der Waals surface area contributed by atoms with Gasteiger partial charge in [0, 0.05) is 47.4 Å². The van der Waals surface area contributed by atoms with Crippen LogP contribution in [0.5, 0.6) is 0 Å². The Morgan fingerprint density at radius 2 is 1.50 bits per heavy atom. The molecule has 1 saturated carbocycles. The maximum absolute atomic E-state index is 11.3. The van der Waals surface area contributed by atoms with E-state index in [9.17, 15) is 9.59 Å². The number of halogens is 1. The molecule has 0 heterocycles. The van der Waals surface area contributed by atoms with Crippen LogP contribution in [0.1, 0.15) is 30.7 Å². The Morgan fingerprint density at radius 3 is 2.00 bits per heavy atom. The van der Waals surface area contributed by atoms with Gasteiger partial charge < -0.3 is 0 Å². The van der Waals surface area contributed by atoms with E-state index in [2.05, 4.69) is 0 Å². The molecule has 4 heteroatoms. The molecule has 0 N–H and O–H groups in total. The summed E-state index contributed by atoms with van der Waals surface area (Å²) in [6.45, 7) is 0. The number of hydrogen-bond acceptors (Lipinski definition) is 2. The van der Waals surface area contributed by atoms with Gasteiger partial charge in [0.1, 0.15) is 11.6 Å². The van der Waals surface area contributed by atoms with Crippen LogP contribution >= 0.6 is 11.6 Å². The second-order valence-corrected chi connectivity index (χ2v) is 4.35. The van der Waals surface area contributed by atoms with Crippen LogP contribution in [0.2, 0.25) is 5.02 Å². The molecule has 0 atom stereocenters. The van der Waals surface area contributed by atoms with Crippen molar-refractivity contribution in [2.24, 2.45) is 0 Å². The third kappa shape index (κ3) is 3.42. The Morgan fingerprint density at radius 1 is 1.00 bits per heavy atom. The van der Waals surface area contributed by atoms with Crippen molar-refractivity contribution in [1.29, 1.82) is 0 Å². The van der Waals surface area contributed by atoms with Gasteiger partial charge in [-0.1, -0.05) is 23.7 Å². The fraction of sp³-hybridized carbons (Fsp3) is 0.333. The number of benzene rings is 1. The molecule has 1 aliphatic rings. The van der Waals surface area contributed by atoms with Crippen molar-refractivity contribution in [2.75, 3.05) is 0 Å². The Bertz CT molecular complexity index is 384. The molecule has 0 saturated heterocycles. The van der Waals surface area contributed by atoms with Gasteiger partial charge in [0.25, 0.3) is 0 Å². The summed E-state index contributed by atoms with van der Waals surface area (Å²) in [5, 5.41) is 0.673. The molecule has 1 aromatic rings. The minimum Gasteiger partial charge on any atom is -0.299 e. The van der Waals surface area contributed by atoms with E-state index in [4.69, 9.17) is 11.6 Å². The molecule has 1 fully saturated rings. The van der Waals surface area contributed by atoms with Gasteiger partial charge in [-0.3, -0.25) is 9.59 Å². The fourth-order valence-electron chi connectivity index (χ4n) is 1.96. The molecule has 0 aliphatic heterocycles. The topological polar surface area (TPSA) is 34.1 Å². The normalized spacial score (nSPS) is 17.1. The Hall–Kier alpha value is -0.150. The average Bonchev–Trinajstić information content (AvgIpc) is 2.17. The molecule has 0 amide bonds. The van der Waals surface area contributed by atoms with Crippen LogP contribution in [0.25, 0.3) is 0 Å². The average molecular weight is 246 g/mol. The van der Waals surface area contributed by atoms with E-state index in [1.807, 2.05) is 12.1 Å². The maximum Gasteiger partial charge on any atom is 0.140 e. The second-order valence-electron chi connectivity index (χ2n) is 3.91. The molecule has 79 valence electrons. The SMILES string of the molecule is O=C1CC(=O)CC(c2ccc(Cl)cc2)C1.[Na]. The van der Waals surface area contributed by atoms with Crippen LogP contribution in [0.4, 0.5) is 0 Å². The predicted molar refractivity (Wildman–Crippen MR) is 63.8 cm³/mol. The number of hydrogen-bond donors (Lipinski definition) is 0. The molecular weight excluding hydrogens is 235 g/mol. The van der Waals surface area contributed by atoms with Gasteiger partial charge in [-0.05, 0) is 23.6 Å². The molecule has 2 rings (SSSR count). The number of carbonyl (C=O) groups is 2. The van der Waals surface area contributed by atoms with Crippen LogP contribution in [-0.4, -0.2) is 41.1 Å². The van der Waals surface area contributed by atoms with Crippen molar-refractivity contribution < 1.29 is 9.59 Å². The van der Waals surface area contributed by atoms with E-state index in [-0.39, 0.29) is 53.5 Å². The Kier molecular flexibility index (Phi) is 5.19. The van der Waals surface area contributed by atoms with Crippen molar-refractivity contribution in [3.63, 3.8) is 0 Å². The minimum atomic E-state index is 0. The zero-order valence-corrected chi connectivity index (χ0v) is 12.0. The molecule has 1 aromatic carbocycles. The smallest absolute Gasteiger partial charge is 0.140 e. The van der Waals surface area contributed by atoms with Crippen LogP contribution < -0.4 is 0 Å². The van der Waals surface area contributed by atoms with Gasteiger partial charge in [0.15, 0.2) is 0 Å². The molecule has 0 aromatic heterocycles. The van der Waals surface area contributed by atoms with Crippen molar-refractivity contribution >= 4 is 52.7 Å². The van der Waals surface area contributed by atoms with Gasteiger partial charge >= 0.3 is 0 Å². The molecule has 2 nitrogen and oxygen atoms in total. The predicted octanol–water partition coefficient (Wildman–Crippen LogP) is 2.36. The van der Waals surface area contributed by atoms with Crippen molar-refractivity contribution in [1.82, 2.24) is 0 Å². The summed E-state index contributed by atoms with van der Waals surface area (Å²) in [5.41, 5.74) is 1.03. The van der Waals surface area contributed by atoms with Crippen molar-refractivity contribution in [3.8, 4) is 0 Å². The summed E-state index contributed by atoms with van der Waals surface area (Å²) in [6, 6.07) is 7.36. The summed E-state index contributed by atoms with van der Waals surface area (Å²) < 4.78 is 0. The first-order chi connectivity index (χ1) is 7.15. The summed E-state index contributed by atoms with van der Waals surface area (Å²) in [4.78, 5) is 22.6. The van der Waals surface area contributed by atoms with E-state index >= 15 is 0 Å². The maximum atomic E-state index is 11.3. The van der Waals surface area contributed by atoms with Crippen LogP contribution in [0, 0.1) is 0 Å². The monoisotopic (exact) mass is 245 g/mol. The number of carbonyl (C=O) groups excluding carboxylic acids is 2. The summed E-state index contributed by atoms with van der Waals surface area (Å²) in [5.74, 6) is 0.147. The van der Waals surface area contributed by atoms with Gasteiger partial charge in [-0.25, -0.2) is 0 Å². The first-order valence-electron chi connectivity index (χ1n) is 4.94. The third-order valence-corrected chi connectivity index (χ3v) is 2.94. The summed E-state index contributed by atoms with van der Waals surface area (Å²) >= 11 is 5.77. The molecule has 1 aliphatic carbocycles. The standard InChI is InChI=1S/C12H11ClO2.Na/c13-10-3-1-8(2-4-10)9-5-11(14)7-12(15)6-9;/h1-4,9H,5-7H2;. The van der Waals surface area contributed by atoms with E-state index in [1.165, 1.54) is 0 Å². The number of Topliss-reactive ketones (excluding diaryl/α,β-unsaturated/α-hetero) is 2. The Labute approximate surface area is 122 Å². The van der Waals surface area contributed by atoms with Crippen LogP contribution in [-0.2, 0) is 9.59 Å². The third-order valence-electron chi connectivity index (χ3n) is 2.68. The first-order valence-corrected chi connectivity index (χ1v) is 5.32. The quantitative estimate of drug-likeness (QED) is 0.562. The van der Waals surface area contributed by atoms with Gasteiger partial charge in [0.2, 0.25) is 0 Å². The zero-order valence-electron chi connectivity index (χ0n) is 9.20. The van der Waals surface area contributed by atoms with E-state index in [0.717, 1.165) is 5.56 Å². The molecule has 0 spiro atoms. The number of rotatable bonds is 1. The molecule has 0 bridgehead atoms. The van der Waals surface area contributed by atoms with Crippen molar-refractivity contribution in [3.05, 3.63) is 34.9 Å². The molecule has 0 unspecified atom stereocenters. The molecular formula is C12H11ClNaO2. The summed E-state index contributed by atoms with van der Waals surface area (Å²) in [6.07, 6.45) is 1.07.